The van der Waals surface area contributed by atoms with E-state index in [1.165, 1.54) is 13.4 Å². The van der Waals surface area contributed by atoms with Gasteiger partial charge in [-0.2, -0.15) is 0 Å². The molecule has 6 heteroatoms. The van der Waals surface area contributed by atoms with Crippen molar-refractivity contribution in [3.05, 3.63) is 6.33 Å². The maximum atomic E-state index is 8.87. The fraction of sp³-hybridized carbons (Fsp3) is 0.556. The largest absolute Gasteiger partial charge is 0.490 e. The minimum Gasteiger partial charge on any atom is -0.490 e. The van der Waals surface area contributed by atoms with Gasteiger partial charge in [-0.15, -0.1) is 0 Å². The Balaban J connectivity index is 2.72. The highest BCUT2D eigenvalue weighted by molar-refractivity contribution is 5.61. The second-order valence-corrected chi connectivity index (χ2v) is 3.31. The molecule has 1 aromatic heterocycles. The van der Waals surface area contributed by atoms with Gasteiger partial charge in [0.1, 0.15) is 6.33 Å². The number of aliphatic hydroxyl groups excluding tert-OH is 1. The Morgan fingerprint density at radius 2 is 2.33 bits per heavy atom. The molecule has 1 atom stereocenters. The average molecular weight is 212 g/mol. The Bertz CT molecular complexity index is 319. The molecule has 4 N–H and O–H groups in total. The number of ether oxygens (including phenoxy) is 1. The number of nitrogens with one attached hydrogen (secondary N) is 1. The van der Waals surface area contributed by atoms with E-state index in [2.05, 4.69) is 15.3 Å². The minimum atomic E-state index is 0.121. The van der Waals surface area contributed by atoms with E-state index in [0.29, 0.717) is 23.9 Å². The number of hydrogen-bond donors (Lipinski definition) is 3. The number of rotatable bonds is 5. The molecule has 0 aliphatic rings. The van der Waals surface area contributed by atoms with Crippen molar-refractivity contribution in [3.63, 3.8) is 0 Å². The Kier molecular flexibility index (Phi) is 4.11. The van der Waals surface area contributed by atoms with Gasteiger partial charge in [0.25, 0.3) is 0 Å². The number of aliphatic hydroxyl groups is 1. The van der Waals surface area contributed by atoms with Crippen molar-refractivity contribution in [1.29, 1.82) is 0 Å². The Morgan fingerprint density at radius 1 is 1.60 bits per heavy atom. The molecule has 0 saturated heterocycles. The Morgan fingerprint density at radius 3 is 2.93 bits per heavy atom. The van der Waals surface area contributed by atoms with Gasteiger partial charge >= 0.3 is 0 Å². The van der Waals surface area contributed by atoms with Gasteiger partial charge in [0.05, 0.1) is 7.11 Å². The number of anilines is 2. The standard InChI is InChI=1S/C9H16N4O2/c1-6(4-14)3-11-9-7(15-2)8(10)12-5-13-9/h5-6,14H,3-4H2,1-2H3,(H3,10,11,12,13). The summed E-state index contributed by atoms with van der Waals surface area (Å²) in [6.45, 7) is 2.64. The van der Waals surface area contributed by atoms with Crippen LogP contribution in [0.4, 0.5) is 11.6 Å². The summed E-state index contributed by atoms with van der Waals surface area (Å²) >= 11 is 0. The van der Waals surface area contributed by atoms with Gasteiger partial charge in [-0.1, -0.05) is 6.92 Å². The topological polar surface area (TPSA) is 93.3 Å². The zero-order valence-corrected chi connectivity index (χ0v) is 8.90. The van der Waals surface area contributed by atoms with Gasteiger partial charge in [-0.25, -0.2) is 9.97 Å². The maximum Gasteiger partial charge on any atom is 0.203 e. The van der Waals surface area contributed by atoms with Crippen LogP contribution in [0.1, 0.15) is 6.92 Å². The predicted molar refractivity (Wildman–Crippen MR) is 57.7 cm³/mol. The second kappa shape index (κ2) is 5.35. The van der Waals surface area contributed by atoms with Crippen LogP contribution in [-0.4, -0.2) is 35.3 Å². The number of nitrogens with zero attached hydrogens (tertiary/aromatic N) is 2. The first kappa shape index (κ1) is 11.5. The van der Waals surface area contributed by atoms with Gasteiger partial charge < -0.3 is 20.9 Å². The third kappa shape index (κ3) is 2.95. The molecule has 1 unspecified atom stereocenters. The number of nitrogen functional groups attached to an aromatic ring is 1. The van der Waals surface area contributed by atoms with Crippen LogP contribution in [0.2, 0.25) is 0 Å². The first-order chi connectivity index (χ1) is 7.19. The van der Waals surface area contributed by atoms with Gasteiger partial charge in [0.2, 0.25) is 5.75 Å². The van der Waals surface area contributed by atoms with Gasteiger partial charge in [-0.3, -0.25) is 0 Å². The molecule has 0 aliphatic carbocycles. The Labute approximate surface area is 88.5 Å². The van der Waals surface area contributed by atoms with Crippen molar-refractivity contribution >= 4 is 11.6 Å². The Hall–Kier alpha value is -1.56. The van der Waals surface area contributed by atoms with E-state index in [4.69, 9.17) is 15.6 Å². The number of hydrogen-bond acceptors (Lipinski definition) is 6. The predicted octanol–water partition coefficient (Wildman–Crippen LogP) is 0.108. The fourth-order valence-corrected chi connectivity index (χ4v) is 1.05. The van der Waals surface area contributed by atoms with E-state index < -0.39 is 0 Å². The minimum absolute atomic E-state index is 0.121. The van der Waals surface area contributed by atoms with E-state index in [1.807, 2.05) is 6.92 Å². The lowest BCUT2D eigenvalue weighted by Crippen LogP contribution is -2.16. The van der Waals surface area contributed by atoms with Gasteiger partial charge in [-0.05, 0) is 5.92 Å². The van der Waals surface area contributed by atoms with Crippen LogP contribution in [0.25, 0.3) is 0 Å². The molecule has 1 aromatic rings. The van der Waals surface area contributed by atoms with Crippen molar-refractivity contribution in [3.8, 4) is 5.75 Å². The molecular weight excluding hydrogens is 196 g/mol. The van der Waals surface area contributed by atoms with E-state index in [9.17, 15) is 0 Å². The molecule has 0 fully saturated rings. The zero-order valence-electron chi connectivity index (χ0n) is 8.90. The van der Waals surface area contributed by atoms with Crippen molar-refractivity contribution in [2.24, 2.45) is 5.92 Å². The summed E-state index contributed by atoms with van der Waals surface area (Å²) in [5.41, 5.74) is 5.61. The highest BCUT2D eigenvalue weighted by atomic mass is 16.5. The van der Waals surface area contributed by atoms with E-state index in [1.54, 1.807) is 0 Å². The summed E-state index contributed by atoms with van der Waals surface area (Å²) in [5, 5.41) is 11.9. The van der Waals surface area contributed by atoms with Crippen molar-refractivity contribution in [2.45, 2.75) is 6.92 Å². The van der Waals surface area contributed by atoms with E-state index >= 15 is 0 Å². The third-order valence-corrected chi connectivity index (χ3v) is 1.97. The van der Waals surface area contributed by atoms with Crippen LogP contribution in [0.3, 0.4) is 0 Å². The molecule has 0 aromatic carbocycles. The van der Waals surface area contributed by atoms with Crippen LogP contribution < -0.4 is 15.8 Å². The highest BCUT2D eigenvalue weighted by Gasteiger charge is 2.09. The molecule has 0 saturated carbocycles. The monoisotopic (exact) mass is 212 g/mol. The molecule has 0 spiro atoms. The molecule has 1 rings (SSSR count). The second-order valence-electron chi connectivity index (χ2n) is 3.31. The normalized spacial score (nSPS) is 12.2. The molecule has 0 amide bonds. The fourth-order valence-electron chi connectivity index (χ4n) is 1.05. The summed E-state index contributed by atoms with van der Waals surface area (Å²) in [6, 6.07) is 0. The molecule has 6 nitrogen and oxygen atoms in total. The third-order valence-electron chi connectivity index (χ3n) is 1.97. The van der Waals surface area contributed by atoms with Crippen LogP contribution in [0, 0.1) is 5.92 Å². The molecule has 0 bridgehead atoms. The van der Waals surface area contributed by atoms with Crippen LogP contribution in [0.5, 0.6) is 5.75 Å². The summed E-state index contributed by atoms with van der Waals surface area (Å²) in [7, 11) is 1.51. The van der Waals surface area contributed by atoms with Gasteiger partial charge in [0.15, 0.2) is 11.6 Å². The lowest BCUT2D eigenvalue weighted by molar-refractivity contribution is 0.244. The molecule has 84 valence electrons. The van der Waals surface area contributed by atoms with Gasteiger partial charge in [0, 0.05) is 13.2 Å². The van der Waals surface area contributed by atoms with E-state index in [0.717, 1.165) is 0 Å². The number of aromatic nitrogens is 2. The summed E-state index contributed by atoms with van der Waals surface area (Å²) in [6.07, 6.45) is 1.36. The molecule has 0 aliphatic heterocycles. The van der Waals surface area contributed by atoms with Crippen molar-refractivity contribution in [2.75, 3.05) is 31.3 Å². The van der Waals surface area contributed by atoms with Crippen LogP contribution in [-0.2, 0) is 0 Å². The van der Waals surface area contributed by atoms with E-state index in [-0.39, 0.29) is 12.5 Å². The van der Waals surface area contributed by atoms with Crippen LogP contribution in [0.15, 0.2) is 6.33 Å². The SMILES string of the molecule is COc1c(N)ncnc1NCC(C)CO. The lowest BCUT2D eigenvalue weighted by atomic mass is 10.2. The number of nitrogens with two attached hydrogens (primary N) is 1. The molecule has 1 heterocycles. The summed E-state index contributed by atoms with van der Waals surface area (Å²) in [4.78, 5) is 7.82. The first-order valence-corrected chi connectivity index (χ1v) is 4.68. The molecule has 15 heavy (non-hydrogen) atoms. The zero-order chi connectivity index (χ0) is 11.3. The summed E-state index contributed by atoms with van der Waals surface area (Å²) in [5.74, 6) is 1.42. The molecular formula is C9H16N4O2. The quantitative estimate of drug-likeness (QED) is 0.641. The maximum absolute atomic E-state index is 8.87. The molecule has 0 radical (unpaired) electrons. The van der Waals surface area contributed by atoms with Crippen molar-refractivity contribution in [1.82, 2.24) is 9.97 Å². The first-order valence-electron chi connectivity index (χ1n) is 4.68. The summed E-state index contributed by atoms with van der Waals surface area (Å²) < 4.78 is 5.07. The van der Waals surface area contributed by atoms with Crippen molar-refractivity contribution < 1.29 is 9.84 Å². The lowest BCUT2D eigenvalue weighted by Gasteiger charge is -2.13. The number of methoxy groups -OCH3 is 1. The highest BCUT2D eigenvalue weighted by Crippen LogP contribution is 2.26. The average Bonchev–Trinajstić information content (AvgIpc) is 2.25. The smallest absolute Gasteiger partial charge is 0.203 e. The van der Waals surface area contributed by atoms with Crippen LogP contribution >= 0.6 is 0 Å².